The Labute approximate surface area is 65.0 Å². The molecule has 54 valence electrons. The van der Waals surface area contributed by atoms with Crippen LogP contribution in [-0.2, 0) is 4.57 Å². The molecule has 0 aliphatic rings. The van der Waals surface area contributed by atoms with Gasteiger partial charge in [0.1, 0.15) is 7.14 Å². The number of hydrogen-bond donors (Lipinski definition) is 0. The van der Waals surface area contributed by atoms with E-state index >= 15 is 0 Å². The highest BCUT2D eigenvalue weighted by molar-refractivity contribution is 9.09. The van der Waals surface area contributed by atoms with E-state index in [2.05, 4.69) is 15.9 Å². The van der Waals surface area contributed by atoms with Gasteiger partial charge in [0.25, 0.3) is 0 Å². The third-order valence-electron chi connectivity index (χ3n) is 0.740. The van der Waals surface area contributed by atoms with Crippen LogP contribution in [0, 0.1) is 0 Å². The second-order valence-corrected chi connectivity index (χ2v) is 6.26. The zero-order valence-electron chi connectivity index (χ0n) is 5.80. The molecule has 0 N–H and O–H groups in total. The molecular weight excluding hydrogens is 199 g/mol. The minimum atomic E-state index is -1.90. The molecule has 9 heavy (non-hydrogen) atoms. The van der Waals surface area contributed by atoms with Crippen LogP contribution in [0.15, 0.2) is 11.9 Å². The van der Waals surface area contributed by atoms with E-state index in [0.29, 0.717) is 0 Å². The number of halogens is 1. The molecule has 0 aliphatic carbocycles. The quantitative estimate of drug-likeness (QED) is 0.518. The second-order valence-electron chi connectivity index (χ2n) is 2.30. The molecule has 0 aliphatic heterocycles. The first-order chi connectivity index (χ1) is 4.06. The summed E-state index contributed by atoms with van der Waals surface area (Å²) >= 11 is 3.28. The van der Waals surface area contributed by atoms with Crippen LogP contribution in [0.3, 0.4) is 0 Å². The molecule has 0 aromatic heterocycles. The molecule has 0 atom stereocenters. The van der Waals surface area contributed by atoms with Gasteiger partial charge < -0.3 is 4.57 Å². The van der Waals surface area contributed by atoms with E-state index in [4.69, 9.17) is 0 Å². The van der Waals surface area contributed by atoms with E-state index in [9.17, 15) is 4.57 Å². The zero-order chi connectivity index (χ0) is 7.33. The Hall–Kier alpha value is 0.450. The predicted octanol–water partition coefficient (Wildman–Crippen LogP) is 2.91. The van der Waals surface area contributed by atoms with E-state index < -0.39 is 7.14 Å². The first-order valence-electron chi connectivity index (χ1n) is 2.84. The molecule has 0 unspecified atom stereocenters. The van der Waals surface area contributed by atoms with Crippen LogP contribution in [0.2, 0.25) is 0 Å². The maximum Gasteiger partial charge on any atom is 0.102 e. The van der Waals surface area contributed by atoms with E-state index in [1.165, 1.54) is 0 Å². The van der Waals surface area contributed by atoms with Gasteiger partial charge in [0, 0.05) is 5.33 Å². The fourth-order valence-corrected chi connectivity index (χ4v) is 1.31. The van der Waals surface area contributed by atoms with E-state index in [1.54, 1.807) is 19.1 Å². The third kappa shape index (κ3) is 8.45. The van der Waals surface area contributed by atoms with Crippen molar-refractivity contribution in [2.75, 3.05) is 18.7 Å². The zero-order valence-corrected chi connectivity index (χ0v) is 8.28. The lowest BCUT2D eigenvalue weighted by atomic mass is 10.5. The smallest absolute Gasteiger partial charge is 0.102 e. The Morgan fingerprint density at radius 3 is 2.44 bits per heavy atom. The number of allylic oxidation sites excluding steroid dienone is 1. The summed E-state index contributed by atoms with van der Waals surface area (Å²) in [6.07, 6.45) is 2.92. The molecule has 0 heterocycles. The van der Waals surface area contributed by atoms with Crippen molar-refractivity contribution >= 4 is 23.1 Å². The Kier molecular flexibility index (Phi) is 4.51. The fourth-order valence-electron chi connectivity index (χ4n) is 0.391. The molecular formula is C6H12BrOP. The Morgan fingerprint density at radius 1 is 1.56 bits per heavy atom. The summed E-state index contributed by atoms with van der Waals surface area (Å²) in [5, 5.41) is 0.948. The van der Waals surface area contributed by atoms with Crippen molar-refractivity contribution < 1.29 is 4.57 Å². The van der Waals surface area contributed by atoms with Gasteiger partial charge in [0.2, 0.25) is 0 Å². The molecule has 0 radical (unpaired) electrons. The summed E-state index contributed by atoms with van der Waals surface area (Å²) in [4.78, 5) is 0. The molecule has 0 saturated heterocycles. The monoisotopic (exact) mass is 210 g/mol. The van der Waals surface area contributed by atoms with Crippen molar-refractivity contribution in [3.8, 4) is 0 Å². The Balaban J connectivity index is 3.58. The fraction of sp³-hybridized carbons (Fsp3) is 0.667. The summed E-state index contributed by atoms with van der Waals surface area (Å²) in [5.41, 5.74) is 0. The van der Waals surface area contributed by atoms with Gasteiger partial charge in [0.05, 0.1) is 0 Å². The number of rotatable bonds is 3. The Bertz CT molecular complexity index is 136. The van der Waals surface area contributed by atoms with Crippen LogP contribution in [-0.4, -0.2) is 18.7 Å². The van der Waals surface area contributed by atoms with Gasteiger partial charge in [-0.15, -0.1) is 0 Å². The lowest BCUT2D eigenvalue weighted by molar-refractivity contribution is 0.588. The van der Waals surface area contributed by atoms with Gasteiger partial charge >= 0.3 is 0 Å². The van der Waals surface area contributed by atoms with Gasteiger partial charge in [-0.05, 0) is 25.6 Å². The topological polar surface area (TPSA) is 17.1 Å². The van der Waals surface area contributed by atoms with Crippen LogP contribution in [0.25, 0.3) is 0 Å². The highest BCUT2D eigenvalue weighted by Crippen LogP contribution is 2.37. The normalized spacial score (nSPS) is 12.8. The second kappa shape index (κ2) is 4.29. The van der Waals surface area contributed by atoms with Crippen LogP contribution in [0.1, 0.15) is 6.42 Å². The lowest BCUT2D eigenvalue weighted by Gasteiger charge is -1.94. The first kappa shape index (κ1) is 9.45. The first-order valence-corrected chi connectivity index (χ1v) is 6.64. The van der Waals surface area contributed by atoms with Gasteiger partial charge in [-0.25, -0.2) is 0 Å². The van der Waals surface area contributed by atoms with E-state index in [0.717, 1.165) is 11.8 Å². The minimum absolute atomic E-state index is 0.948. The van der Waals surface area contributed by atoms with Crippen molar-refractivity contribution in [1.29, 1.82) is 0 Å². The molecule has 0 aromatic rings. The highest BCUT2D eigenvalue weighted by Gasteiger charge is 1.97. The molecule has 0 rings (SSSR count). The molecule has 0 amide bonds. The van der Waals surface area contributed by atoms with Crippen molar-refractivity contribution in [2.24, 2.45) is 0 Å². The largest absolute Gasteiger partial charge is 0.320 e. The van der Waals surface area contributed by atoms with Crippen LogP contribution in [0.4, 0.5) is 0 Å². The summed E-state index contributed by atoms with van der Waals surface area (Å²) in [7, 11) is -1.90. The summed E-state index contributed by atoms with van der Waals surface area (Å²) < 4.78 is 11.0. The van der Waals surface area contributed by atoms with Crippen molar-refractivity contribution in [3.63, 3.8) is 0 Å². The van der Waals surface area contributed by atoms with Gasteiger partial charge in [-0.2, -0.15) is 0 Å². The molecule has 0 bridgehead atoms. The maximum atomic E-state index is 11.0. The molecule has 0 aromatic carbocycles. The third-order valence-corrected chi connectivity index (χ3v) is 2.13. The molecule has 0 saturated carbocycles. The summed E-state index contributed by atoms with van der Waals surface area (Å²) in [6, 6.07) is 0. The number of alkyl halides is 1. The predicted molar refractivity (Wildman–Crippen MR) is 47.0 cm³/mol. The molecule has 0 spiro atoms. The standard InChI is InChI=1S/C6H12BrOP/c1-9(2,8)6-4-3-5-7/h4,6H,3,5H2,1-2H3/b6-4+. The van der Waals surface area contributed by atoms with E-state index in [1.807, 2.05) is 6.08 Å². The van der Waals surface area contributed by atoms with Crippen LogP contribution in [0.5, 0.6) is 0 Å². The number of hydrogen-bond acceptors (Lipinski definition) is 1. The summed E-state index contributed by atoms with van der Waals surface area (Å²) in [6.45, 7) is 3.52. The average molecular weight is 211 g/mol. The highest BCUT2D eigenvalue weighted by atomic mass is 79.9. The lowest BCUT2D eigenvalue weighted by Crippen LogP contribution is -1.68. The SMILES string of the molecule is CP(C)(=O)/C=C/CCBr. The average Bonchev–Trinajstić information content (AvgIpc) is 1.63. The van der Waals surface area contributed by atoms with Crippen LogP contribution < -0.4 is 0 Å². The molecule has 3 heteroatoms. The Morgan fingerprint density at radius 2 is 2.11 bits per heavy atom. The van der Waals surface area contributed by atoms with Crippen molar-refractivity contribution in [3.05, 3.63) is 11.9 Å². The van der Waals surface area contributed by atoms with Crippen molar-refractivity contribution in [2.45, 2.75) is 6.42 Å². The molecule has 0 fully saturated rings. The van der Waals surface area contributed by atoms with Crippen molar-refractivity contribution in [1.82, 2.24) is 0 Å². The van der Waals surface area contributed by atoms with Crippen LogP contribution >= 0.6 is 23.1 Å². The summed E-state index contributed by atoms with van der Waals surface area (Å²) in [5.74, 6) is 1.80. The molecule has 1 nitrogen and oxygen atoms in total. The van der Waals surface area contributed by atoms with Gasteiger partial charge in [-0.1, -0.05) is 22.0 Å². The maximum absolute atomic E-state index is 11.0. The van der Waals surface area contributed by atoms with Gasteiger partial charge in [0.15, 0.2) is 0 Å². The minimum Gasteiger partial charge on any atom is -0.320 e. The van der Waals surface area contributed by atoms with E-state index in [-0.39, 0.29) is 0 Å². The van der Waals surface area contributed by atoms with Gasteiger partial charge in [-0.3, -0.25) is 0 Å².